The fourth-order valence-corrected chi connectivity index (χ4v) is 3.19. The average Bonchev–Trinajstić information content (AvgIpc) is 2.81. The monoisotopic (exact) mass is 255 g/mol. The number of sulfonamides is 1. The Morgan fingerprint density at radius 1 is 1.53 bits per heavy atom. The maximum absolute atomic E-state index is 12.1. The highest BCUT2D eigenvalue weighted by Gasteiger charge is 2.27. The number of hydrogen-bond donors (Lipinski definition) is 2. The normalized spacial score (nSPS) is 22.5. The Kier molecular flexibility index (Phi) is 3.76. The van der Waals surface area contributed by atoms with E-state index in [0.717, 1.165) is 13.0 Å². The summed E-state index contributed by atoms with van der Waals surface area (Å²) in [5, 5.41) is 2.51. The van der Waals surface area contributed by atoms with Crippen LogP contribution in [0.5, 0.6) is 0 Å². The third kappa shape index (κ3) is 3.02. The number of hydrogen-bond acceptors (Lipinski definition) is 4. The molecule has 0 radical (unpaired) electrons. The summed E-state index contributed by atoms with van der Waals surface area (Å²) in [5.74, 6) is 0. The van der Waals surface area contributed by atoms with Crippen LogP contribution < -0.4 is 10.0 Å². The highest BCUT2D eigenvalue weighted by Crippen LogP contribution is 2.19. The van der Waals surface area contributed by atoms with Gasteiger partial charge < -0.3 is 5.32 Å². The van der Waals surface area contributed by atoms with Gasteiger partial charge in [0, 0.05) is 18.8 Å². The van der Waals surface area contributed by atoms with Gasteiger partial charge in [0.05, 0.1) is 5.69 Å². The smallest absolute Gasteiger partial charge is 0.220 e. The molecule has 2 unspecified atom stereocenters. The lowest BCUT2D eigenvalue weighted by atomic mass is 10.3. The fourth-order valence-electron chi connectivity index (χ4n) is 1.87. The number of nitrogens with zero attached hydrogens (tertiary/aromatic N) is 1. The highest BCUT2D eigenvalue weighted by molar-refractivity contribution is 7.89. The van der Waals surface area contributed by atoms with E-state index in [1.807, 2.05) is 0 Å². The summed E-state index contributed by atoms with van der Waals surface area (Å²) in [6, 6.07) is 5.31. The molecule has 17 heavy (non-hydrogen) atoms. The largest absolute Gasteiger partial charge is 0.315 e. The van der Waals surface area contributed by atoms with Crippen molar-refractivity contribution in [2.24, 2.45) is 0 Å². The third-order valence-corrected chi connectivity index (χ3v) is 4.80. The first-order chi connectivity index (χ1) is 8.09. The van der Waals surface area contributed by atoms with Crippen LogP contribution in [0.4, 0.5) is 0 Å². The Labute approximate surface area is 102 Å². The van der Waals surface area contributed by atoms with Crippen LogP contribution in [0.3, 0.4) is 0 Å². The molecule has 0 amide bonds. The molecule has 2 rings (SSSR count). The molecule has 1 aliphatic rings. The van der Waals surface area contributed by atoms with Crippen molar-refractivity contribution in [2.75, 3.05) is 13.1 Å². The van der Waals surface area contributed by atoms with E-state index in [-0.39, 0.29) is 6.04 Å². The topological polar surface area (TPSA) is 71.1 Å². The van der Waals surface area contributed by atoms with Crippen LogP contribution in [-0.4, -0.2) is 32.5 Å². The molecule has 2 heterocycles. The van der Waals surface area contributed by atoms with Crippen LogP contribution in [0.1, 0.15) is 24.3 Å². The maximum atomic E-state index is 12.1. The summed E-state index contributed by atoms with van der Waals surface area (Å²) in [4.78, 5) is 4.08. The molecule has 1 aromatic rings. The van der Waals surface area contributed by atoms with Crippen molar-refractivity contribution >= 4 is 10.0 Å². The van der Waals surface area contributed by atoms with Crippen molar-refractivity contribution in [3.8, 4) is 0 Å². The SMILES string of the molecule is CC(c1ccccn1)S(=O)(=O)NC1CCNC1. The van der Waals surface area contributed by atoms with Gasteiger partial charge in [0.2, 0.25) is 10.0 Å². The minimum atomic E-state index is -3.35. The Morgan fingerprint density at radius 2 is 2.35 bits per heavy atom. The number of aromatic nitrogens is 1. The molecule has 0 saturated carbocycles. The summed E-state index contributed by atoms with van der Waals surface area (Å²) in [7, 11) is -3.35. The van der Waals surface area contributed by atoms with E-state index in [9.17, 15) is 8.42 Å². The van der Waals surface area contributed by atoms with E-state index in [2.05, 4.69) is 15.0 Å². The fraction of sp³-hybridized carbons (Fsp3) is 0.545. The third-order valence-electron chi connectivity index (χ3n) is 2.96. The highest BCUT2D eigenvalue weighted by atomic mass is 32.2. The van der Waals surface area contributed by atoms with E-state index in [0.29, 0.717) is 12.2 Å². The Balaban J connectivity index is 2.09. The van der Waals surface area contributed by atoms with Crippen LogP contribution in [0.15, 0.2) is 24.4 Å². The molecule has 2 N–H and O–H groups in total. The van der Waals surface area contributed by atoms with Crippen LogP contribution in [0.25, 0.3) is 0 Å². The van der Waals surface area contributed by atoms with Crippen LogP contribution >= 0.6 is 0 Å². The Bertz CT molecular complexity index is 455. The van der Waals surface area contributed by atoms with E-state index in [4.69, 9.17) is 0 Å². The van der Waals surface area contributed by atoms with Gasteiger partial charge in [0.1, 0.15) is 5.25 Å². The van der Waals surface area contributed by atoms with E-state index >= 15 is 0 Å². The zero-order valence-corrected chi connectivity index (χ0v) is 10.6. The molecule has 1 aromatic heterocycles. The number of rotatable bonds is 4. The molecule has 0 bridgehead atoms. The zero-order chi connectivity index (χ0) is 12.3. The molecule has 0 aromatic carbocycles. The number of nitrogens with one attached hydrogen (secondary N) is 2. The first kappa shape index (κ1) is 12.5. The average molecular weight is 255 g/mol. The molecular weight excluding hydrogens is 238 g/mol. The predicted octanol–water partition coefficient (Wildman–Crippen LogP) is 0.424. The van der Waals surface area contributed by atoms with Crippen molar-refractivity contribution in [1.29, 1.82) is 0 Å². The van der Waals surface area contributed by atoms with Crippen LogP contribution in [0, 0.1) is 0 Å². The summed E-state index contributed by atoms with van der Waals surface area (Å²) in [6.07, 6.45) is 2.45. The summed E-state index contributed by atoms with van der Waals surface area (Å²) >= 11 is 0. The molecule has 5 nitrogen and oxygen atoms in total. The maximum Gasteiger partial charge on any atom is 0.220 e. The van der Waals surface area contributed by atoms with Gasteiger partial charge in [-0.15, -0.1) is 0 Å². The van der Waals surface area contributed by atoms with Crippen molar-refractivity contribution < 1.29 is 8.42 Å². The summed E-state index contributed by atoms with van der Waals surface area (Å²) in [5.41, 5.74) is 0.575. The van der Waals surface area contributed by atoms with Crippen molar-refractivity contribution in [3.05, 3.63) is 30.1 Å². The molecule has 0 spiro atoms. The molecule has 1 fully saturated rings. The van der Waals surface area contributed by atoms with Gasteiger partial charge in [-0.25, -0.2) is 13.1 Å². The molecule has 1 aliphatic heterocycles. The van der Waals surface area contributed by atoms with Crippen LogP contribution in [-0.2, 0) is 10.0 Å². The summed E-state index contributed by atoms with van der Waals surface area (Å²) < 4.78 is 26.9. The van der Waals surface area contributed by atoms with Gasteiger partial charge in [0.15, 0.2) is 0 Å². The lowest BCUT2D eigenvalue weighted by molar-refractivity contribution is 0.549. The zero-order valence-electron chi connectivity index (χ0n) is 9.76. The van der Waals surface area contributed by atoms with Gasteiger partial charge in [-0.05, 0) is 32.0 Å². The lowest BCUT2D eigenvalue weighted by Gasteiger charge is -2.16. The Morgan fingerprint density at radius 3 is 2.94 bits per heavy atom. The second-order valence-electron chi connectivity index (χ2n) is 4.25. The van der Waals surface area contributed by atoms with E-state index in [1.54, 1.807) is 31.3 Å². The molecule has 6 heteroatoms. The second-order valence-corrected chi connectivity index (χ2v) is 6.28. The Hall–Kier alpha value is -0.980. The predicted molar refractivity (Wildman–Crippen MR) is 66.0 cm³/mol. The molecule has 1 saturated heterocycles. The van der Waals surface area contributed by atoms with Gasteiger partial charge in [-0.1, -0.05) is 6.07 Å². The second kappa shape index (κ2) is 5.12. The molecule has 94 valence electrons. The van der Waals surface area contributed by atoms with Gasteiger partial charge >= 0.3 is 0 Å². The number of pyridine rings is 1. The van der Waals surface area contributed by atoms with Gasteiger partial charge in [0.25, 0.3) is 0 Å². The standard InChI is InChI=1S/C11H17N3O2S/c1-9(11-4-2-3-6-13-11)17(15,16)14-10-5-7-12-8-10/h2-4,6,9-10,12,14H,5,7-8H2,1H3. The molecular formula is C11H17N3O2S. The molecule has 2 atom stereocenters. The quantitative estimate of drug-likeness (QED) is 0.818. The van der Waals surface area contributed by atoms with Crippen molar-refractivity contribution in [1.82, 2.24) is 15.0 Å². The van der Waals surface area contributed by atoms with Gasteiger partial charge in [-0.2, -0.15) is 0 Å². The van der Waals surface area contributed by atoms with Crippen LogP contribution in [0.2, 0.25) is 0 Å². The minimum Gasteiger partial charge on any atom is -0.315 e. The van der Waals surface area contributed by atoms with E-state index in [1.165, 1.54) is 0 Å². The first-order valence-corrected chi connectivity index (χ1v) is 7.27. The lowest BCUT2D eigenvalue weighted by Crippen LogP contribution is -2.38. The summed E-state index contributed by atoms with van der Waals surface area (Å²) in [6.45, 7) is 3.23. The van der Waals surface area contributed by atoms with Crippen molar-refractivity contribution in [3.63, 3.8) is 0 Å². The van der Waals surface area contributed by atoms with Crippen molar-refractivity contribution in [2.45, 2.75) is 24.6 Å². The first-order valence-electron chi connectivity index (χ1n) is 5.72. The minimum absolute atomic E-state index is 0.00571. The van der Waals surface area contributed by atoms with Gasteiger partial charge in [-0.3, -0.25) is 4.98 Å². The van der Waals surface area contributed by atoms with E-state index < -0.39 is 15.3 Å². The molecule has 0 aliphatic carbocycles.